The van der Waals surface area contributed by atoms with E-state index >= 15 is 0 Å². The van der Waals surface area contributed by atoms with Crippen LogP contribution in [0.2, 0.25) is 0 Å². The van der Waals surface area contributed by atoms with Gasteiger partial charge in [0, 0.05) is 10.9 Å². The zero-order valence-corrected chi connectivity index (χ0v) is 13.6. The SMILES string of the molecule is CNC(c1cc(C)c(Br)s1)C1Cc2ccccc2C1. The maximum atomic E-state index is 3.64. The molecule has 0 saturated carbocycles. The van der Waals surface area contributed by atoms with Crippen molar-refractivity contribution in [3.05, 3.63) is 55.7 Å². The fraction of sp³-hybridized carbons (Fsp3) is 0.375. The summed E-state index contributed by atoms with van der Waals surface area (Å²) >= 11 is 5.51. The van der Waals surface area contributed by atoms with Crippen molar-refractivity contribution in [3.8, 4) is 0 Å². The molecule has 1 atom stereocenters. The van der Waals surface area contributed by atoms with Gasteiger partial charge in [-0.3, -0.25) is 0 Å². The Morgan fingerprint density at radius 3 is 2.37 bits per heavy atom. The summed E-state index contributed by atoms with van der Waals surface area (Å²) in [6.45, 7) is 2.17. The van der Waals surface area contributed by atoms with Crippen LogP contribution in [0.3, 0.4) is 0 Å². The third kappa shape index (κ3) is 2.51. The summed E-state index contributed by atoms with van der Waals surface area (Å²) in [6, 6.07) is 11.6. The molecule has 0 radical (unpaired) electrons. The largest absolute Gasteiger partial charge is 0.312 e. The molecule has 0 bridgehead atoms. The van der Waals surface area contributed by atoms with Crippen LogP contribution in [0.4, 0.5) is 0 Å². The van der Waals surface area contributed by atoms with E-state index in [2.05, 4.69) is 65.5 Å². The Bertz CT molecular complexity index is 546. The summed E-state index contributed by atoms with van der Waals surface area (Å²) in [5, 5.41) is 3.53. The highest BCUT2D eigenvalue weighted by atomic mass is 79.9. The number of nitrogens with one attached hydrogen (secondary N) is 1. The second kappa shape index (κ2) is 5.39. The zero-order chi connectivity index (χ0) is 13.4. The number of aryl methyl sites for hydroxylation is 1. The lowest BCUT2D eigenvalue weighted by molar-refractivity contribution is 0.402. The van der Waals surface area contributed by atoms with Gasteiger partial charge in [0.1, 0.15) is 0 Å². The van der Waals surface area contributed by atoms with Crippen LogP contribution in [-0.2, 0) is 12.8 Å². The average Bonchev–Trinajstić information content (AvgIpc) is 2.95. The maximum absolute atomic E-state index is 3.64. The molecule has 3 heteroatoms. The van der Waals surface area contributed by atoms with E-state index in [1.165, 1.54) is 38.2 Å². The van der Waals surface area contributed by atoms with Gasteiger partial charge in [-0.15, -0.1) is 11.3 Å². The van der Waals surface area contributed by atoms with Crippen molar-refractivity contribution in [1.29, 1.82) is 0 Å². The van der Waals surface area contributed by atoms with E-state index in [9.17, 15) is 0 Å². The molecule has 1 aromatic heterocycles. The van der Waals surface area contributed by atoms with Crippen molar-refractivity contribution in [2.75, 3.05) is 7.05 Å². The molecule has 0 aliphatic heterocycles. The predicted molar refractivity (Wildman–Crippen MR) is 85.9 cm³/mol. The van der Waals surface area contributed by atoms with E-state index in [-0.39, 0.29) is 0 Å². The summed E-state index contributed by atoms with van der Waals surface area (Å²) < 4.78 is 1.26. The van der Waals surface area contributed by atoms with E-state index in [1.54, 1.807) is 0 Å². The normalized spacial score (nSPS) is 16.6. The third-order valence-electron chi connectivity index (χ3n) is 4.05. The number of hydrogen-bond donors (Lipinski definition) is 1. The second-order valence-corrected chi connectivity index (χ2v) is 7.71. The Morgan fingerprint density at radius 1 is 1.26 bits per heavy atom. The quantitative estimate of drug-likeness (QED) is 0.871. The molecule has 0 saturated heterocycles. The van der Waals surface area contributed by atoms with Gasteiger partial charge in [0.05, 0.1) is 3.79 Å². The zero-order valence-electron chi connectivity index (χ0n) is 11.2. The van der Waals surface area contributed by atoms with Gasteiger partial charge in [0.25, 0.3) is 0 Å². The monoisotopic (exact) mass is 335 g/mol. The van der Waals surface area contributed by atoms with Crippen LogP contribution in [0.15, 0.2) is 34.1 Å². The summed E-state index contributed by atoms with van der Waals surface area (Å²) in [6.07, 6.45) is 2.38. The molecule has 1 N–H and O–H groups in total. The standard InChI is InChI=1S/C16H18BrNS/c1-10-7-14(19-16(10)17)15(18-2)13-8-11-5-3-4-6-12(11)9-13/h3-7,13,15,18H,8-9H2,1-2H3. The van der Waals surface area contributed by atoms with E-state index in [0.29, 0.717) is 12.0 Å². The van der Waals surface area contributed by atoms with Crippen LogP contribution in [0.1, 0.15) is 27.6 Å². The van der Waals surface area contributed by atoms with Gasteiger partial charge in [-0.25, -0.2) is 0 Å². The number of fused-ring (bicyclic) bond motifs is 1. The molecule has 3 rings (SSSR count). The van der Waals surface area contributed by atoms with Crippen LogP contribution in [0.25, 0.3) is 0 Å². The lowest BCUT2D eigenvalue weighted by Crippen LogP contribution is -2.24. The maximum Gasteiger partial charge on any atom is 0.0731 e. The Hall–Kier alpha value is -0.640. The molecule has 19 heavy (non-hydrogen) atoms. The van der Waals surface area contributed by atoms with E-state index < -0.39 is 0 Å². The van der Waals surface area contributed by atoms with Crippen LogP contribution >= 0.6 is 27.3 Å². The van der Waals surface area contributed by atoms with E-state index in [1.807, 2.05) is 11.3 Å². The minimum atomic E-state index is 0.461. The van der Waals surface area contributed by atoms with Crippen molar-refractivity contribution >= 4 is 27.3 Å². The molecule has 1 aliphatic rings. The van der Waals surface area contributed by atoms with Crippen LogP contribution < -0.4 is 5.32 Å². The minimum Gasteiger partial charge on any atom is -0.312 e. The molecule has 0 fully saturated rings. The van der Waals surface area contributed by atoms with Crippen molar-refractivity contribution in [2.45, 2.75) is 25.8 Å². The second-order valence-electron chi connectivity index (χ2n) is 5.31. The van der Waals surface area contributed by atoms with Crippen LogP contribution in [-0.4, -0.2) is 7.05 Å². The molecule has 0 spiro atoms. The Kier molecular flexibility index (Phi) is 3.79. The first-order valence-electron chi connectivity index (χ1n) is 6.69. The van der Waals surface area contributed by atoms with Crippen molar-refractivity contribution in [2.24, 2.45) is 5.92 Å². The molecule has 1 heterocycles. The van der Waals surface area contributed by atoms with Gasteiger partial charge < -0.3 is 5.32 Å². The van der Waals surface area contributed by atoms with Gasteiger partial charge in [0.15, 0.2) is 0 Å². The predicted octanol–water partition coefficient (Wildman–Crippen LogP) is 4.49. The van der Waals surface area contributed by atoms with Crippen molar-refractivity contribution < 1.29 is 0 Å². The van der Waals surface area contributed by atoms with Crippen molar-refractivity contribution in [1.82, 2.24) is 5.32 Å². The molecule has 1 unspecified atom stereocenters. The lowest BCUT2D eigenvalue weighted by Gasteiger charge is -2.21. The van der Waals surface area contributed by atoms with Gasteiger partial charge in [-0.2, -0.15) is 0 Å². The molecule has 0 amide bonds. The number of rotatable bonds is 3. The highest BCUT2D eigenvalue weighted by Crippen LogP contribution is 2.39. The van der Waals surface area contributed by atoms with Gasteiger partial charge in [0.2, 0.25) is 0 Å². The summed E-state index contributed by atoms with van der Waals surface area (Å²) in [7, 11) is 2.08. The summed E-state index contributed by atoms with van der Waals surface area (Å²) in [4.78, 5) is 1.45. The van der Waals surface area contributed by atoms with E-state index in [0.717, 1.165) is 0 Å². The molecule has 1 aliphatic carbocycles. The number of benzene rings is 1. The highest BCUT2D eigenvalue weighted by molar-refractivity contribution is 9.11. The number of halogens is 1. The van der Waals surface area contributed by atoms with Crippen LogP contribution in [0, 0.1) is 12.8 Å². The van der Waals surface area contributed by atoms with E-state index in [4.69, 9.17) is 0 Å². The number of thiophene rings is 1. The van der Waals surface area contributed by atoms with Gasteiger partial charge >= 0.3 is 0 Å². The Morgan fingerprint density at radius 2 is 1.89 bits per heavy atom. The molecule has 100 valence electrons. The third-order valence-corrected chi connectivity index (χ3v) is 6.27. The highest BCUT2D eigenvalue weighted by Gasteiger charge is 2.29. The van der Waals surface area contributed by atoms with Gasteiger partial charge in [-0.05, 0) is 71.4 Å². The minimum absolute atomic E-state index is 0.461. The molecule has 1 aromatic carbocycles. The summed E-state index contributed by atoms with van der Waals surface area (Å²) in [5.41, 5.74) is 4.40. The molecule has 1 nitrogen and oxygen atoms in total. The molecular formula is C16H18BrNS. The first-order chi connectivity index (χ1) is 9.19. The fourth-order valence-electron chi connectivity index (χ4n) is 3.08. The Labute approximate surface area is 127 Å². The topological polar surface area (TPSA) is 12.0 Å². The van der Waals surface area contributed by atoms with Crippen LogP contribution in [0.5, 0.6) is 0 Å². The summed E-state index contributed by atoms with van der Waals surface area (Å²) in [5.74, 6) is 0.673. The first kappa shape index (κ1) is 13.3. The lowest BCUT2D eigenvalue weighted by atomic mass is 9.95. The Balaban J connectivity index is 1.85. The van der Waals surface area contributed by atoms with Gasteiger partial charge in [-0.1, -0.05) is 24.3 Å². The molecular weight excluding hydrogens is 318 g/mol. The smallest absolute Gasteiger partial charge is 0.0731 e. The number of hydrogen-bond acceptors (Lipinski definition) is 2. The molecule has 2 aromatic rings. The fourth-order valence-corrected chi connectivity index (χ4v) is 4.85. The van der Waals surface area contributed by atoms with Crippen molar-refractivity contribution in [3.63, 3.8) is 0 Å². The first-order valence-corrected chi connectivity index (χ1v) is 8.30. The average molecular weight is 336 g/mol.